The van der Waals surface area contributed by atoms with Gasteiger partial charge in [0.05, 0.1) is 5.02 Å². The Morgan fingerprint density at radius 1 is 1.32 bits per heavy atom. The van der Waals surface area contributed by atoms with Gasteiger partial charge >= 0.3 is 5.97 Å². The molecule has 0 aromatic carbocycles. The Balaban J connectivity index is 1.57. The summed E-state index contributed by atoms with van der Waals surface area (Å²) in [5, 5.41) is 12.4. The number of aliphatic carboxylic acids is 1. The first-order chi connectivity index (χ1) is 12.0. The lowest BCUT2D eigenvalue weighted by Crippen LogP contribution is -2.35. The minimum Gasteiger partial charge on any atom is -0.478 e. The van der Waals surface area contributed by atoms with Gasteiger partial charge < -0.3 is 15.3 Å². The number of nitrogens with one attached hydrogen (secondary N) is 1. The molecule has 7 heteroatoms. The van der Waals surface area contributed by atoms with Gasteiger partial charge in [-0.3, -0.25) is 4.79 Å². The van der Waals surface area contributed by atoms with Gasteiger partial charge in [-0.2, -0.15) is 0 Å². The molecule has 3 rings (SSSR count). The molecule has 0 spiro atoms. The molecule has 1 aliphatic carbocycles. The SMILES string of the molecule is O=C(O)/C=C/c1cnc(NC2CCN(C(=O)C3CCCC3)C2)c(Cl)c1. The van der Waals surface area contributed by atoms with Crippen LogP contribution in [0, 0.1) is 5.92 Å². The number of likely N-dealkylation sites (tertiary alicyclic amines) is 1. The summed E-state index contributed by atoms with van der Waals surface area (Å²) >= 11 is 6.24. The van der Waals surface area contributed by atoms with Crippen molar-refractivity contribution in [3.63, 3.8) is 0 Å². The summed E-state index contributed by atoms with van der Waals surface area (Å²) < 4.78 is 0. The number of carboxylic acids is 1. The molecule has 1 aromatic rings. The zero-order valence-corrected chi connectivity index (χ0v) is 14.7. The standard InChI is InChI=1S/C18H22ClN3O3/c19-15-9-12(5-6-16(23)24)10-20-17(15)21-14-7-8-22(11-14)18(25)13-3-1-2-4-13/h5-6,9-10,13-14H,1-4,7-8,11H2,(H,20,21)(H,23,24)/b6-5+. The number of hydrogen-bond donors (Lipinski definition) is 2. The van der Waals surface area contributed by atoms with Gasteiger partial charge in [-0.15, -0.1) is 0 Å². The number of carboxylic acid groups (broad SMARTS) is 1. The minimum atomic E-state index is -1.02. The quantitative estimate of drug-likeness (QED) is 0.786. The summed E-state index contributed by atoms with van der Waals surface area (Å²) in [7, 11) is 0. The number of pyridine rings is 1. The molecule has 1 aliphatic heterocycles. The molecule has 1 saturated heterocycles. The van der Waals surface area contributed by atoms with E-state index in [-0.39, 0.29) is 17.9 Å². The van der Waals surface area contributed by atoms with Gasteiger partial charge in [-0.05, 0) is 37.0 Å². The average Bonchev–Trinajstić information content (AvgIpc) is 3.26. The molecule has 2 heterocycles. The van der Waals surface area contributed by atoms with Gasteiger partial charge in [-0.1, -0.05) is 24.4 Å². The van der Waals surface area contributed by atoms with E-state index in [9.17, 15) is 9.59 Å². The van der Waals surface area contributed by atoms with Crippen LogP contribution in [0.3, 0.4) is 0 Å². The number of aromatic nitrogens is 1. The molecule has 1 aromatic heterocycles. The second kappa shape index (κ2) is 7.87. The van der Waals surface area contributed by atoms with E-state index >= 15 is 0 Å². The molecule has 0 radical (unpaired) electrons. The molecule has 2 N–H and O–H groups in total. The van der Waals surface area contributed by atoms with Crippen LogP contribution in [0.15, 0.2) is 18.3 Å². The van der Waals surface area contributed by atoms with Gasteiger partial charge in [0.25, 0.3) is 0 Å². The number of hydrogen-bond acceptors (Lipinski definition) is 4. The van der Waals surface area contributed by atoms with Crippen molar-refractivity contribution in [2.24, 2.45) is 5.92 Å². The van der Waals surface area contributed by atoms with Crippen molar-refractivity contribution in [1.82, 2.24) is 9.88 Å². The molecule has 0 bridgehead atoms. The Hall–Kier alpha value is -2.08. The lowest BCUT2D eigenvalue weighted by Gasteiger charge is -2.21. The molecule has 134 valence electrons. The number of carbonyl (C=O) groups is 2. The van der Waals surface area contributed by atoms with Crippen molar-refractivity contribution >= 4 is 35.4 Å². The number of carbonyl (C=O) groups excluding carboxylic acids is 1. The number of anilines is 1. The van der Waals surface area contributed by atoms with Crippen LogP contribution in [0.25, 0.3) is 6.08 Å². The Morgan fingerprint density at radius 2 is 2.08 bits per heavy atom. The van der Waals surface area contributed by atoms with Crippen molar-refractivity contribution in [2.75, 3.05) is 18.4 Å². The van der Waals surface area contributed by atoms with E-state index in [0.29, 0.717) is 22.9 Å². The fraction of sp³-hybridized carbons (Fsp3) is 0.500. The van der Waals surface area contributed by atoms with E-state index in [4.69, 9.17) is 16.7 Å². The number of nitrogens with zero attached hydrogens (tertiary/aromatic N) is 2. The number of halogens is 1. The van der Waals surface area contributed by atoms with Crippen LogP contribution < -0.4 is 5.32 Å². The van der Waals surface area contributed by atoms with E-state index in [2.05, 4.69) is 10.3 Å². The van der Waals surface area contributed by atoms with E-state index in [1.54, 1.807) is 12.3 Å². The Bertz CT molecular complexity index is 686. The molecule has 2 fully saturated rings. The van der Waals surface area contributed by atoms with Crippen LogP contribution in [-0.4, -0.2) is 46.0 Å². The summed E-state index contributed by atoms with van der Waals surface area (Å²) in [6.45, 7) is 1.44. The molecule has 1 unspecified atom stereocenters. The lowest BCUT2D eigenvalue weighted by molar-refractivity contribution is -0.134. The fourth-order valence-electron chi connectivity index (χ4n) is 3.52. The van der Waals surface area contributed by atoms with Gasteiger partial charge in [-0.25, -0.2) is 9.78 Å². The van der Waals surface area contributed by atoms with E-state index < -0.39 is 5.97 Å². The first kappa shape index (κ1) is 17.7. The van der Waals surface area contributed by atoms with Crippen molar-refractivity contribution in [1.29, 1.82) is 0 Å². The molecular formula is C18H22ClN3O3. The van der Waals surface area contributed by atoms with Crippen molar-refractivity contribution < 1.29 is 14.7 Å². The maximum Gasteiger partial charge on any atom is 0.328 e. The van der Waals surface area contributed by atoms with Gasteiger partial charge in [0, 0.05) is 37.3 Å². The Labute approximate surface area is 151 Å². The van der Waals surface area contributed by atoms with Crippen LogP contribution in [-0.2, 0) is 9.59 Å². The predicted octanol–water partition coefficient (Wildman–Crippen LogP) is 3.04. The van der Waals surface area contributed by atoms with Crippen LogP contribution >= 0.6 is 11.6 Å². The number of rotatable bonds is 5. The largest absolute Gasteiger partial charge is 0.478 e. The molecule has 2 aliphatic rings. The third-order valence-corrected chi connectivity index (χ3v) is 5.11. The smallest absolute Gasteiger partial charge is 0.328 e. The second-order valence-electron chi connectivity index (χ2n) is 6.67. The fourth-order valence-corrected chi connectivity index (χ4v) is 3.75. The minimum absolute atomic E-state index is 0.135. The third kappa shape index (κ3) is 4.51. The monoisotopic (exact) mass is 363 g/mol. The maximum atomic E-state index is 12.5. The summed E-state index contributed by atoms with van der Waals surface area (Å²) in [6.07, 6.45) is 9.30. The van der Waals surface area contributed by atoms with E-state index in [0.717, 1.165) is 44.7 Å². The molecule has 1 amide bonds. The summed E-state index contributed by atoms with van der Waals surface area (Å²) in [4.78, 5) is 29.3. The van der Waals surface area contributed by atoms with Gasteiger partial charge in [0.15, 0.2) is 0 Å². The van der Waals surface area contributed by atoms with Crippen molar-refractivity contribution in [3.05, 3.63) is 28.9 Å². The normalized spacial score (nSPS) is 21.2. The maximum absolute atomic E-state index is 12.5. The zero-order chi connectivity index (χ0) is 17.8. The van der Waals surface area contributed by atoms with E-state index in [1.165, 1.54) is 6.08 Å². The zero-order valence-electron chi connectivity index (χ0n) is 13.9. The highest BCUT2D eigenvalue weighted by Gasteiger charge is 2.32. The van der Waals surface area contributed by atoms with Gasteiger partial charge in [0.2, 0.25) is 5.91 Å². The Kier molecular flexibility index (Phi) is 5.58. The third-order valence-electron chi connectivity index (χ3n) is 4.83. The highest BCUT2D eigenvalue weighted by Crippen LogP contribution is 2.29. The van der Waals surface area contributed by atoms with E-state index in [1.807, 2.05) is 4.90 Å². The highest BCUT2D eigenvalue weighted by atomic mass is 35.5. The van der Waals surface area contributed by atoms with Crippen molar-refractivity contribution in [3.8, 4) is 0 Å². The molecule has 1 saturated carbocycles. The molecular weight excluding hydrogens is 342 g/mol. The molecule has 6 nitrogen and oxygen atoms in total. The summed E-state index contributed by atoms with van der Waals surface area (Å²) in [5.74, 6) is 0.0430. The molecule has 25 heavy (non-hydrogen) atoms. The highest BCUT2D eigenvalue weighted by molar-refractivity contribution is 6.33. The summed E-state index contributed by atoms with van der Waals surface area (Å²) in [6, 6.07) is 1.81. The molecule has 1 atom stereocenters. The second-order valence-corrected chi connectivity index (χ2v) is 7.07. The van der Waals surface area contributed by atoms with Gasteiger partial charge in [0.1, 0.15) is 5.82 Å². The summed E-state index contributed by atoms with van der Waals surface area (Å²) in [5.41, 5.74) is 0.627. The van der Waals surface area contributed by atoms with Crippen LogP contribution in [0.1, 0.15) is 37.7 Å². The average molecular weight is 364 g/mol. The predicted molar refractivity (Wildman–Crippen MR) is 96.5 cm³/mol. The lowest BCUT2D eigenvalue weighted by atomic mass is 10.1. The van der Waals surface area contributed by atoms with Crippen LogP contribution in [0.5, 0.6) is 0 Å². The Morgan fingerprint density at radius 3 is 2.76 bits per heavy atom. The first-order valence-electron chi connectivity index (χ1n) is 8.65. The first-order valence-corrected chi connectivity index (χ1v) is 9.02. The number of amides is 1. The topological polar surface area (TPSA) is 82.5 Å². The van der Waals surface area contributed by atoms with Crippen LogP contribution in [0.2, 0.25) is 5.02 Å². The van der Waals surface area contributed by atoms with Crippen molar-refractivity contribution in [2.45, 2.75) is 38.1 Å². The van der Waals surface area contributed by atoms with Crippen LogP contribution in [0.4, 0.5) is 5.82 Å².